The average molecular weight is 208 g/mol. The van der Waals surface area contributed by atoms with E-state index in [9.17, 15) is 0 Å². The van der Waals surface area contributed by atoms with Gasteiger partial charge in [-0.1, -0.05) is 17.7 Å². The SMILES string of the molecule is CC1=CC(C)(C)Nc2ccc(Cl)cc21. The Labute approximate surface area is 89.8 Å². The number of anilines is 1. The molecule has 0 spiro atoms. The predicted octanol–water partition coefficient (Wildman–Crippen LogP) is 3.95. The molecule has 1 N–H and O–H groups in total. The monoisotopic (exact) mass is 207 g/mol. The molecule has 0 radical (unpaired) electrons. The molecule has 1 heterocycles. The number of rotatable bonds is 0. The Hall–Kier alpha value is -0.950. The van der Waals surface area contributed by atoms with Crippen molar-refractivity contribution in [1.82, 2.24) is 0 Å². The van der Waals surface area contributed by atoms with Crippen molar-refractivity contribution in [2.75, 3.05) is 5.32 Å². The van der Waals surface area contributed by atoms with E-state index in [-0.39, 0.29) is 5.54 Å². The summed E-state index contributed by atoms with van der Waals surface area (Å²) in [5.74, 6) is 0. The van der Waals surface area contributed by atoms with Gasteiger partial charge in [0, 0.05) is 16.3 Å². The Bertz CT molecular complexity index is 405. The maximum Gasteiger partial charge on any atom is 0.0505 e. The Kier molecular flexibility index (Phi) is 2.07. The summed E-state index contributed by atoms with van der Waals surface area (Å²) < 4.78 is 0. The minimum Gasteiger partial charge on any atom is -0.376 e. The van der Waals surface area contributed by atoms with E-state index >= 15 is 0 Å². The van der Waals surface area contributed by atoms with Crippen LogP contribution in [0.4, 0.5) is 5.69 Å². The van der Waals surface area contributed by atoms with E-state index in [1.54, 1.807) is 0 Å². The van der Waals surface area contributed by atoms with Crippen LogP contribution in [0.1, 0.15) is 26.3 Å². The molecule has 2 rings (SSSR count). The zero-order valence-electron chi connectivity index (χ0n) is 8.69. The van der Waals surface area contributed by atoms with Crippen LogP contribution >= 0.6 is 11.6 Å². The van der Waals surface area contributed by atoms with Crippen molar-refractivity contribution >= 4 is 22.9 Å². The normalized spacial score (nSPS) is 18.1. The van der Waals surface area contributed by atoms with Gasteiger partial charge in [-0.15, -0.1) is 0 Å². The summed E-state index contributed by atoms with van der Waals surface area (Å²) in [4.78, 5) is 0. The fourth-order valence-electron chi connectivity index (χ4n) is 1.95. The minimum absolute atomic E-state index is 0.0327. The van der Waals surface area contributed by atoms with Crippen molar-refractivity contribution < 1.29 is 0 Å². The second kappa shape index (κ2) is 3.03. The van der Waals surface area contributed by atoms with Crippen LogP contribution in [0.5, 0.6) is 0 Å². The smallest absolute Gasteiger partial charge is 0.0505 e. The molecule has 0 amide bonds. The first-order chi connectivity index (χ1) is 6.48. The van der Waals surface area contributed by atoms with Gasteiger partial charge < -0.3 is 5.32 Å². The molecule has 1 aromatic carbocycles. The summed E-state index contributed by atoms with van der Waals surface area (Å²) in [5.41, 5.74) is 3.69. The van der Waals surface area contributed by atoms with Gasteiger partial charge in [0.25, 0.3) is 0 Å². The lowest BCUT2D eigenvalue weighted by atomic mass is 9.91. The van der Waals surface area contributed by atoms with E-state index in [1.165, 1.54) is 16.8 Å². The molecule has 0 atom stereocenters. The standard InChI is InChI=1S/C12H14ClN/c1-8-7-12(2,3)14-11-5-4-9(13)6-10(8)11/h4-7,14H,1-3H3. The molecule has 0 saturated carbocycles. The summed E-state index contributed by atoms with van der Waals surface area (Å²) in [6.45, 7) is 6.44. The number of benzene rings is 1. The number of allylic oxidation sites excluding steroid dienone is 1. The van der Waals surface area contributed by atoms with Gasteiger partial charge in [-0.05, 0) is 44.5 Å². The fourth-order valence-corrected chi connectivity index (χ4v) is 2.13. The van der Waals surface area contributed by atoms with Gasteiger partial charge in [-0.3, -0.25) is 0 Å². The lowest BCUT2D eigenvalue weighted by molar-refractivity contribution is 0.707. The predicted molar refractivity (Wildman–Crippen MR) is 62.8 cm³/mol. The third-order valence-electron chi connectivity index (χ3n) is 2.44. The van der Waals surface area contributed by atoms with Crippen LogP contribution < -0.4 is 5.32 Å². The second-order valence-corrected chi connectivity index (χ2v) is 4.80. The Morgan fingerprint density at radius 1 is 1.29 bits per heavy atom. The molecule has 14 heavy (non-hydrogen) atoms. The molecule has 0 bridgehead atoms. The van der Waals surface area contributed by atoms with E-state index < -0.39 is 0 Å². The highest BCUT2D eigenvalue weighted by Crippen LogP contribution is 2.34. The molecule has 0 aromatic heterocycles. The first kappa shape index (κ1) is 9.60. The first-order valence-corrected chi connectivity index (χ1v) is 5.13. The molecule has 1 nitrogen and oxygen atoms in total. The molecule has 1 aliphatic rings. The van der Waals surface area contributed by atoms with Gasteiger partial charge in [-0.25, -0.2) is 0 Å². The summed E-state index contributed by atoms with van der Waals surface area (Å²) in [5, 5.41) is 4.25. The molecular formula is C12H14ClN. The van der Waals surface area contributed by atoms with Gasteiger partial charge >= 0.3 is 0 Å². The van der Waals surface area contributed by atoms with Crippen molar-refractivity contribution in [2.45, 2.75) is 26.3 Å². The van der Waals surface area contributed by atoms with Crippen molar-refractivity contribution in [2.24, 2.45) is 0 Å². The Morgan fingerprint density at radius 2 is 2.00 bits per heavy atom. The highest BCUT2D eigenvalue weighted by atomic mass is 35.5. The van der Waals surface area contributed by atoms with E-state index in [0.29, 0.717) is 0 Å². The topological polar surface area (TPSA) is 12.0 Å². The number of halogens is 1. The van der Waals surface area contributed by atoms with Crippen molar-refractivity contribution in [3.8, 4) is 0 Å². The molecular weight excluding hydrogens is 194 g/mol. The van der Waals surface area contributed by atoms with Crippen molar-refractivity contribution in [3.63, 3.8) is 0 Å². The largest absolute Gasteiger partial charge is 0.376 e. The molecule has 0 aliphatic carbocycles. The quantitative estimate of drug-likeness (QED) is 0.680. The zero-order chi connectivity index (χ0) is 10.3. The van der Waals surface area contributed by atoms with Gasteiger partial charge in [-0.2, -0.15) is 0 Å². The van der Waals surface area contributed by atoms with Crippen LogP contribution in [0, 0.1) is 0 Å². The number of fused-ring (bicyclic) bond motifs is 1. The van der Waals surface area contributed by atoms with E-state index in [1.807, 2.05) is 18.2 Å². The first-order valence-electron chi connectivity index (χ1n) is 4.75. The summed E-state index contributed by atoms with van der Waals surface area (Å²) in [7, 11) is 0. The highest BCUT2D eigenvalue weighted by Gasteiger charge is 2.21. The van der Waals surface area contributed by atoms with Crippen molar-refractivity contribution in [1.29, 1.82) is 0 Å². The molecule has 0 saturated heterocycles. The number of hydrogen-bond acceptors (Lipinski definition) is 1. The van der Waals surface area contributed by atoms with Crippen molar-refractivity contribution in [3.05, 3.63) is 34.9 Å². The summed E-state index contributed by atoms with van der Waals surface area (Å²) in [6, 6.07) is 5.96. The minimum atomic E-state index is 0.0327. The average Bonchev–Trinajstić information content (AvgIpc) is 2.05. The maximum absolute atomic E-state index is 5.96. The third kappa shape index (κ3) is 1.64. The van der Waals surface area contributed by atoms with Gasteiger partial charge in [0.15, 0.2) is 0 Å². The van der Waals surface area contributed by atoms with E-state index in [4.69, 9.17) is 11.6 Å². The van der Waals surface area contributed by atoms with Crippen LogP contribution in [0.2, 0.25) is 5.02 Å². The Balaban J connectivity index is 2.56. The maximum atomic E-state index is 5.96. The molecule has 1 aliphatic heterocycles. The lowest BCUT2D eigenvalue weighted by Gasteiger charge is -2.31. The Morgan fingerprint density at radius 3 is 2.71 bits per heavy atom. The van der Waals surface area contributed by atoms with E-state index in [2.05, 4.69) is 32.2 Å². The summed E-state index contributed by atoms with van der Waals surface area (Å²) >= 11 is 5.96. The molecule has 0 unspecified atom stereocenters. The van der Waals surface area contributed by atoms with Gasteiger partial charge in [0.05, 0.1) is 5.54 Å². The van der Waals surface area contributed by atoms with Crippen LogP contribution in [-0.4, -0.2) is 5.54 Å². The molecule has 74 valence electrons. The summed E-state index contributed by atoms with van der Waals surface area (Å²) in [6.07, 6.45) is 2.23. The van der Waals surface area contributed by atoms with Gasteiger partial charge in [0.2, 0.25) is 0 Å². The second-order valence-electron chi connectivity index (χ2n) is 4.36. The zero-order valence-corrected chi connectivity index (χ0v) is 9.44. The fraction of sp³-hybridized carbons (Fsp3) is 0.333. The number of nitrogens with one attached hydrogen (secondary N) is 1. The molecule has 0 fully saturated rings. The van der Waals surface area contributed by atoms with E-state index in [0.717, 1.165) is 5.02 Å². The number of hydrogen-bond donors (Lipinski definition) is 1. The van der Waals surface area contributed by atoms with Crippen LogP contribution in [0.15, 0.2) is 24.3 Å². The molecule has 1 aromatic rings. The highest BCUT2D eigenvalue weighted by molar-refractivity contribution is 6.30. The molecule has 2 heteroatoms. The van der Waals surface area contributed by atoms with Crippen LogP contribution in [-0.2, 0) is 0 Å². The van der Waals surface area contributed by atoms with Crippen LogP contribution in [0.25, 0.3) is 5.57 Å². The third-order valence-corrected chi connectivity index (χ3v) is 2.68. The van der Waals surface area contributed by atoms with Crippen LogP contribution in [0.3, 0.4) is 0 Å². The van der Waals surface area contributed by atoms with Gasteiger partial charge in [0.1, 0.15) is 0 Å². The lowest BCUT2D eigenvalue weighted by Crippen LogP contribution is -2.31.